The minimum Gasteiger partial charge on any atom is -0.496 e. The number of aromatic nitrogens is 2. The minimum absolute atomic E-state index is 0.0479. The number of amides is 1. The van der Waals surface area contributed by atoms with E-state index >= 15 is 0 Å². The standard InChI is InChI=1S/C23H25N3O4S/c1-26-22-15(13-24-26)7-4-8-20(22)31(28,29)25-23(27)18-10-9-17-16(14-5-3-6-14)11-12-19(30-2)21(17)18/h4,7-8,11-14,18H,3,5-6,9-10H2,1-2H3,(H,25,27)/t18-/m1/s1. The predicted octanol–water partition coefficient (Wildman–Crippen LogP) is 3.38. The lowest BCUT2D eigenvalue weighted by Crippen LogP contribution is -2.34. The predicted molar refractivity (Wildman–Crippen MR) is 117 cm³/mol. The summed E-state index contributed by atoms with van der Waals surface area (Å²) in [6.45, 7) is 0. The summed E-state index contributed by atoms with van der Waals surface area (Å²) < 4.78 is 35.7. The molecule has 2 aliphatic rings. The summed E-state index contributed by atoms with van der Waals surface area (Å²) in [7, 11) is -0.786. The molecule has 0 bridgehead atoms. The summed E-state index contributed by atoms with van der Waals surface area (Å²) in [5.41, 5.74) is 3.77. The zero-order valence-electron chi connectivity index (χ0n) is 17.6. The summed E-state index contributed by atoms with van der Waals surface area (Å²) >= 11 is 0. The first-order valence-electron chi connectivity index (χ1n) is 10.6. The van der Waals surface area contributed by atoms with Crippen molar-refractivity contribution in [2.24, 2.45) is 7.05 Å². The first-order chi connectivity index (χ1) is 14.9. The van der Waals surface area contributed by atoms with E-state index < -0.39 is 21.8 Å². The highest BCUT2D eigenvalue weighted by molar-refractivity contribution is 7.90. The quantitative estimate of drug-likeness (QED) is 0.658. The number of hydrogen-bond donors (Lipinski definition) is 1. The van der Waals surface area contributed by atoms with Gasteiger partial charge >= 0.3 is 0 Å². The van der Waals surface area contributed by atoms with Gasteiger partial charge in [0.15, 0.2) is 0 Å². The third-order valence-corrected chi connectivity index (χ3v) is 8.09. The van der Waals surface area contributed by atoms with Crippen LogP contribution in [0.5, 0.6) is 5.75 Å². The van der Waals surface area contributed by atoms with Crippen LogP contribution in [0.1, 0.15) is 54.2 Å². The molecule has 1 N–H and O–H groups in total. The average molecular weight is 440 g/mol. The van der Waals surface area contributed by atoms with Gasteiger partial charge in [0, 0.05) is 18.0 Å². The van der Waals surface area contributed by atoms with Gasteiger partial charge in [-0.15, -0.1) is 0 Å². The molecule has 7 nitrogen and oxygen atoms in total. The molecular formula is C23H25N3O4S. The van der Waals surface area contributed by atoms with Crippen molar-refractivity contribution in [1.29, 1.82) is 0 Å². The maximum atomic E-state index is 13.2. The molecule has 1 amide bonds. The van der Waals surface area contributed by atoms with Gasteiger partial charge in [-0.3, -0.25) is 9.48 Å². The Morgan fingerprint density at radius 3 is 2.71 bits per heavy atom. The molecule has 0 unspecified atom stereocenters. The van der Waals surface area contributed by atoms with Gasteiger partial charge in [-0.25, -0.2) is 13.1 Å². The lowest BCUT2D eigenvalue weighted by atomic mass is 9.77. The third-order valence-electron chi connectivity index (χ3n) is 6.71. The molecule has 2 aromatic carbocycles. The number of benzene rings is 2. The number of nitrogens with one attached hydrogen (secondary N) is 1. The van der Waals surface area contributed by atoms with E-state index in [4.69, 9.17) is 4.74 Å². The first-order valence-corrected chi connectivity index (χ1v) is 12.1. The number of para-hydroxylation sites is 1. The summed E-state index contributed by atoms with van der Waals surface area (Å²) in [6, 6.07) is 8.98. The van der Waals surface area contributed by atoms with E-state index in [1.54, 1.807) is 32.5 Å². The largest absolute Gasteiger partial charge is 0.496 e. The zero-order valence-corrected chi connectivity index (χ0v) is 18.4. The Morgan fingerprint density at radius 2 is 2.00 bits per heavy atom. The van der Waals surface area contributed by atoms with Crippen LogP contribution in [0.3, 0.4) is 0 Å². The highest BCUT2D eigenvalue weighted by Gasteiger charge is 2.37. The molecule has 8 heteroatoms. The number of nitrogens with zero attached hydrogens (tertiary/aromatic N) is 2. The van der Waals surface area contributed by atoms with Gasteiger partial charge in [-0.05, 0) is 54.9 Å². The van der Waals surface area contributed by atoms with Crippen molar-refractivity contribution in [2.45, 2.75) is 48.8 Å². The smallest absolute Gasteiger partial charge is 0.266 e. The van der Waals surface area contributed by atoms with Crippen molar-refractivity contribution in [2.75, 3.05) is 7.11 Å². The van der Waals surface area contributed by atoms with Crippen LogP contribution in [-0.2, 0) is 28.3 Å². The van der Waals surface area contributed by atoms with Crippen LogP contribution in [0.2, 0.25) is 0 Å². The van der Waals surface area contributed by atoms with Gasteiger partial charge < -0.3 is 4.74 Å². The van der Waals surface area contributed by atoms with Crippen LogP contribution in [0.4, 0.5) is 0 Å². The topological polar surface area (TPSA) is 90.3 Å². The van der Waals surface area contributed by atoms with Crippen LogP contribution in [0, 0.1) is 0 Å². The number of carbonyl (C=O) groups excluding carboxylic acids is 1. The Labute approximate surface area is 181 Å². The van der Waals surface area contributed by atoms with Crippen molar-refractivity contribution in [3.8, 4) is 5.75 Å². The first kappa shape index (κ1) is 20.1. The fourth-order valence-corrected chi connectivity index (χ4v) is 6.25. The summed E-state index contributed by atoms with van der Waals surface area (Å²) in [5.74, 6) is 0.127. The molecule has 31 heavy (non-hydrogen) atoms. The van der Waals surface area contributed by atoms with Gasteiger partial charge in [0.2, 0.25) is 5.91 Å². The van der Waals surface area contributed by atoms with Crippen molar-refractivity contribution < 1.29 is 17.9 Å². The van der Waals surface area contributed by atoms with Crippen LogP contribution in [-0.4, -0.2) is 31.2 Å². The SMILES string of the molecule is COc1ccc(C2CCC2)c2c1[C@H](C(=O)NS(=O)(=O)c1cccc3cnn(C)c13)CC2. The molecule has 1 atom stereocenters. The molecule has 0 aliphatic heterocycles. The van der Waals surface area contributed by atoms with Crippen molar-refractivity contribution in [3.63, 3.8) is 0 Å². The minimum atomic E-state index is -4.06. The second kappa shape index (κ2) is 7.37. The normalized spacial score (nSPS) is 18.6. The highest BCUT2D eigenvalue weighted by Crippen LogP contribution is 2.47. The molecule has 162 valence electrons. The summed E-state index contributed by atoms with van der Waals surface area (Å²) in [4.78, 5) is 13.3. The number of sulfonamides is 1. The number of ether oxygens (including phenoxy) is 1. The van der Waals surface area contributed by atoms with E-state index in [0.29, 0.717) is 29.0 Å². The highest BCUT2D eigenvalue weighted by atomic mass is 32.2. The number of carbonyl (C=O) groups is 1. The van der Waals surface area contributed by atoms with Gasteiger partial charge in [-0.1, -0.05) is 24.6 Å². The van der Waals surface area contributed by atoms with E-state index in [1.165, 1.54) is 35.6 Å². The van der Waals surface area contributed by atoms with Crippen molar-refractivity contribution in [3.05, 3.63) is 53.2 Å². The van der Waals surface area contributed by atoms with Crippen LogP contribution in [0.25, 0.3) is 10.9 Å². The van der Waals surface area contributed by atoms with Crippen LogP contribution in [0.15, 0.2) is 41.4 Å². The van der Waals surface area contributed by atoms with Gasteiger partial charge in [0.1, 0.15) is 10.6 Å². The maximum Gasteiger partial charge on any atom is 0.266 e. The number of methoxy groups -OCH3 is 1. The molecule has 3 aromatic rings. The number of rotatable bonds is 5. The molecule has 5 rings (SSSR count). The second-order valence-electron chi connectivity index (χ2n) is 8.40. The van der Waals surface area contributed by atoms with E-state index in [1.807, 2.05) is 6.07 Å². The third kappa shape index (κ3) is 3.20. The van der Waals surface area contributed by atoms with Crippen molar-refractivity contribution in [1.82, 2.24) is 14.5 Å². The zero-order chi connectivity index (χ0) is 21.8. The molecule has 1 fully saturated rings. The van der Waals surface area contributed by atoms with Crippen LogP contribution >= 0.6 is 0 Å². The summed E-state index contributed by atoms with van der Waals surface area (Å²) in [5, 5.41) is 4.85. The fourth-order valence-electron chi connectivity index (χ4n) is 4.97. The van der Waals surface area contributed by atoms with E-state index in [0.717, 1.165) is 17.5 Å². The van der Waals surface area contributed by atoms with Gasteiger partial charge in [-0.2, -0.15) is 5.10 Å². The lowest BCUT2D eigenvalue weighted by Gasteiger charge is -2.28. The Bertz CT molecular complexity index is 1290. The molecule has 0 spiro atoms. The molecular weight excluding hydrogens is 414 g/mol. The fraction of sp³-hybridized carbons (Fsp3) is 0.391. The van der Waals surface area contributed by atoms with Crippen molar-refractivity contribution >= 4 is 26.8 Å². The molecule has 0 saturated heterocycles. The Morgan fingerprint density at radius 1 is 1.19 bits per heavy atom. The Kier molecular flexibility index (Phi) is 4.77. The van der Waals surface area contributed by atoms with Gasteiger partial charge in [0.25, 0.3) is 10.0 Å². The maximum absolute atomic E-state index is 13.2. The Balaban J connectivity index is 1.49. The number of fused-ring (bicyclic) bond motifs is 2. The van der Waals surface area contributed by atoms with E-state index in [9.17, 15) is 13.2 Å². The van der Waals surface area contributed by atoms with E-state index in [2.05, 4.69) is 15.9 Å². The second-order valence-corrected chi connectivity index (χ2v) is 10.1. The van der Waals surface area contributed by atoms with E-state index in [-0.39, 0.29) is 4.90 Å². The molecule has 0 radical (unpaired) electrons. The molecule has 1 saturated carbocycles. The Hall–Kier alpha value is -2.87. The molecule has 2 aliphatic carbocycles. The lowest BCUT2D eigenvalue weighted by molar-refractivity contribution is -0.120. The summed E-state index contributed by atoms with van der Waals surface area (Å²) in [6.07, 6.45) is 6.50. The monoisotopic (exact) mass is 439 g/mol. The van der Waals surface area contributed by atoms with Gasteiger partial charge in [0.05, 0.1) is 24.7 Å². The molecule has 1 heterocycles. The van der Waals surface area contributed by atoms with Crippen LogP contribution < -0.4 is 9.46 Å². The average Bonchev–Trinajstić information content (AvgIpc) is 3.31. The number of hydrogen-bond acceptors (Lipinski definition) is 5. The molecule has 1 aromatic heterocycles. The number of aryl methyl sites for hydroxylation is 1.